The lowest BCUT2D eigenvalue weighted by atomic mass is 10.1. The van der Waals surface area contributed by atoms with E-state index >= 15 is 0 Å². The Morgan fingerprint density at radius 2 is 1.84 bits per heavy atom. The van der Waals surface area contributed by atoms with E-state index in [1.807, 2.05) is 38.1 Å². The van der Waals surface area contributed by atoms with Crippen molar-refractivity contribution in [2.24, 2.45) is 5.92 Å². The first-order chi connectivity index (χ1) is 12.0. The molecule has 2 aromatic rings. The zero-order valence-corrected chi connectivity index (χ0v) is 14.4. The van der Waals surface area contributed by atoms with Gasteiger partial charge >= 0.3 is 6.03 Å². The van der Waals surface area contributed by atoms with Crippen molar-refractivity contribution in [2.45, 2.75) is 32.7 Å². The number of rotatable bonds is 5. The summed E-state index contributed by atoms with van der Waals surface area (Å²) < 4.78 is 0. The average Bonchev–Trinajstić information content (AvgIpc) is 3.42. The molecule has 1 aromatic heterocycles. The molecule has 1 atom stereocenters. The van der Waals surface area contributed by atoms with E-state index in [-0.39, 0.29) is 23.9 Å². The molecule has 0 bridgehead atoms. The molecule has 1 aliphatic rings. The van der Waals surface area contributed by atoms with E-state index in [9.17, 15) is 9.59 Å². The van der Waals surface area contributed by atoms with Crippen LogP contribution in [0.2, 0.25) is 0 Å². The highest BCUT2D eigenvalue weighted by Crippen LogP contribution is 2.30. The lowest BCUT2D eigenvalue weighted by molar-refractivity contribution is -0.117. The fourth-order valence-electron chi connectivity index (χ4n) is 2.50. The smallest absolute Gasteiger partial charge is 0.319 e. The van der Waals surface area contributed by atoms with E-state index in [4.69, 9.17) is 0 Å². The number of amides is 3. The number of benzene rings is 1. The standard InChI is InChI=1S/C19H22N4O2/c1-12-11-20-10-9-17(12)23-19(25)21-13(2)14-5-7-16(8-6-14)22-18(24)15-3-4-15/h5-11,13,15H,3-4H2,1-2H3,(H,22,24)(H2,20,21,23,25)/t13-/m1/s1. The van der Waals surface area contributed by atoms with Crippen molar-refractivity contribution in [1.82, 2.24) is 10.3 Å². The van der Waals surface area contributed by atoms with Crippen LogP contribution in [0, 0.1) is 12.8 Å². The van der Waals surface area contributed by atoms with Crippen LogP contribution in [0.1, 0.15) is 36.9 Å². The Bertz CT molecular complexity index is 769. The molecule has 25 heavy (non-hydrogen) atoms. The van der Waals surface area contributed by atoms with Gasteiger partial charge in [-0.15, -0.1) is 0 Å². The topological polar surface area (TPSA) is 83.1 Å². The van der Waals surface area contributed by atoms with Crippen LogP contribution in [-0.4, -0.2) is 16.9 Å². The summed E-state index contributed by atoms with van der Waals surface area (Å²) in [6, 6.07) is 8.87. The van der Waals surface area contributed by atoms with Gasteiger partial charge in [0.25, 0.3) is 0 Å². The normalized spacial score (nSPS) is 14.5. The number of urea groups is 1. The Balaban J connectivity index is 1.55. The summed E-state index contributed by atoms with van der Waals surface area (Å²) in [6.45, 7) is 3.80. The second kappa shape index (κ2) is 7.34. The molecule has 1 aliphatic carbocycles. The van der Waals surface area contributed by atoms with Gasteiger partial charge in [-0.05, 0) is 56.0 Å². The summed E-state index contributed by atoms with van der Waals surface area (Å²) in [5, 5.41) is 8.63. The number of carbonyl (C=O) groups excluding carboxylic acids is 2. The molecule has 0 saturated heterocycles. The average molecular weight is 338 g/mol. The number of hydrogen-bond donors (Lipinski definition) is 3. The van der Waals surface area contributed by atoms with E-state index in [0.717, 1.165) is 35.3 Å². The zero-order chi connectivity index (χ0) is 17.8. The van der Waals surface area contributed by atoms with Crippen molar-refractivity contribution in [2.75, 3.05) is 10.6 Å². The van der Waals surface area contributed by atoms with Crippen LogP contribution in [0.25, 0.3) is 0 Å². The van der Waals surface area contributed by atoms with Gasteiger partial charge in [0.2, 0.25) is 5.91 Å². The molecule has 6 heteroatoms. The Morgan fingerprint density at radius 3 is 2.48 bits per heavy atom. The number of nitrogens with one attached hydrogen (secondary N) is 3. The number of nitrogens with zero attached hydrogens (tertiary/aromatic N) is 1. The van der Waals surface area contributed by atoms with Crippen LogP contribution in [0.4, 0.5) is 16.2 Å². The molecule has 1 saturated carbocycles. The maximum Gasteiger partial charge on any atom is 0.319 e. The molecule has 0 unspecified atom stereocenters. The van der Waals surface area contributed by atoms with Crippen molar-refractivity contribution in [3.63, 3.8) is 0 Å². The molecular weight excluding hydrogens is 316 g/mol. The maximum atomic E-state index is 12.1. The predicted octanol–water partition coefficient (Wildman–Crippen LogP) is 3.62. The monoisotopic (exact) mass is 338 g/mol. The molecular formula is C19H22N4O2. The first kappa shape index (κ1) is 17.0. The predicted molar refractivity (Wildman–Crippen MR) is 97.3 cm³/mol. The van der Waals surface area contributed by atoms with E-state index in [1.165, 1.54) is 0 Å². The van der Waals surface area contributed by atoms with Gasteiger partial charge < -0.3 is 16.0 Å². The quantitative estimate of drug-likeness (QED) is 0.778. The summed E-state index contributed by atoms with van der Waals surface area (Å²) >= 11 is 0. The SMILES string of the molecule is Cc1cnccc1NC(=O)N[C@H](C)c1ccc(NC(=O)C2CC2)cc1. The van der Waals surface area contributed by atoms with Gasteiger partial charge in [-0.2, -0.15) is 0 Å². The van der Waals surface area contributed by atoms with E-state index in [0.29, 0.717) is 0 Å². The minimum absolute atomic E-state index is 0.0889. The third-order valence-electron chi connectivity index (χ3n) is 4.24. The van der Waals surface area contributed by atoms with Gasteiger partial charge in [0.1, 0.15) is 0 Å². The third-order valence-corrected chi connectivity index (χ3v) is 4.24. The molecule has 1 heterocycles. The number of aryl methyl sites for hydroxylation is 1. The molecule has 0 radical (unpaired) electrons. The van der Waals surface area contributed by atoms with Crippen molar-refractivity contribution >= 4 is 23.3 Å². The summed E-state index contributed by atoms with van der Waals surface area (Å²) in [5.41, 5.74) is 3.38. The Morgan fingerprint density at radius 1 is 1.12 bits per heavy atom. The fraction of sp³-hybridized carbons (Fsp3) is 0.316. The molecule has 130 valence electrons. The van der Waals surface area contributed by atoms with Gasteiger partial charge in [0.05, 0.1) is 6.04 Å². The van der Waals surface area contributed by atoms with Gasteiger partial charge in [-0.1, -0.05) is 12.1 Å². The molecule has 0 aliphatic heterocycles. The van der Waals surface area contributed by atoms with Gasteiger partial charge in [-0.25, -0.2) is 4.79 Å². The van der Waals surface area contributed by atoms with Gasteiger partial charge in [0.15, 0.2) is 0 Å². The lowest BCUT2D eigenvalue weighted by Crippen LogP contribution is -2.31. The lowest BCUT2D eigenvalue weighted by Gasteiger charge is -2.16. The minimum atomic E-state index is -0.270. The van der Waals surface area contributed by atoms with Crippen LogP contribution in [0.15, 0.2) is 42.7 Å². The van der Waals surface area contributed by atoms with Crippen molar-refractivity contribution in [3.8, 4) is 0 Å². The number of aromatic nitrogens is 1. The first-order valence-electron chi connectivity index (χ1n) is 8.42. The zero-order valence-electron chi connectivity index (χ0n) is 14.4. The summed E-state index contributed by atoms with van der Waals surface area (Å²) in [4.78, 5) is 27.9. The molecule has 3 N–H and O–H groups in total. The first-order valence-corrected chi connectivity index (χ1v) is 8.42. The van der Waals surface area contributed by atoms with Crippen LogP contribution >= 0.6 is 0 Å². The van der Waals surface area contributed by atoms with E-state index in [2.05, 4.69) is 20.9 Å². The Kier molecular flexibility index (Phi) is 4.97. The maximum absolute atomic E-state index is 12.1. The molecule has 0 spiro atoms. The third kappa shape index (κ3) is 4.56. The molecule has 3 amide bonds. The second-order valence-electron chi connectivity index (χ2n) is 6.40. The molecule has 6 nitrogen and oxygen atoms in total. The highest BCUT2D eigenvalue weighted by atomic mass is 16.2. The van der Waals surface area contributed by atoms with Crippen molar-refractivity contribution < 1.29 is 9.59 Å². The number of hydrogen-bond acceptors (Lipinski definition) is 3. The van der Waals surface area contributed by atoms with E-state index < -0.39 is 0 Å². The van der Waals surface area contributed by atoms with Crippen molar-refractivity contribution in [3.05, 3.63) is 53.9 Å². The molecule has 1 aromatic carbocycles. The highest BCUT2D eigenvalue weighted by Gasteiger charge is 2.29. The molecule has 3 rings (SSSR count). The molecule has 1 fully saturated rings. The van der Waals surface area contributed by atoms with Gasteiger partial charge in [-0.3, -0.25) is 9.78 Å². The van der Waals surface area contributed by atoms with Gasteiger partial charge in [0, 0.05) is 29.7 Å². The summed E-state index contributed by atoms with van der Waals surface area (Å²) in [6.07, 6.45) is 5.31. The highest BCUT2D eigenvalue weighted by molar-refractivity contribution is 5.94. The summed E-state index contributed by atoms with van der Waals surface area (Å²) in [5.74, 6) is 0.270. The number of carbonyl (C=O) groups is 2. The largest absolute Gasteiger partial charge is 0.331 e. The second-order valence-corrected chi connectivity index (χ2v) is 6.40. The van der Waals surface area contributed by atoms with E-state index in [1.54, 1.807) is 18.5 Å². The van der Waals surface area contributed by atoms with Crippen molar-refractivity contribution in [1.29, 1.82) is 0 Å². The summed E-state index contributed by atoms with van der Waals surface area (Å²) in [7, 11) is 0. The Labute approximate surface area is 147 Å². The van der Waals surface area contributed by atoms with Crippen LogP contribution in [-0.2, 0) is 4.79 Å². The Hall–Kier alpha value is -2.89. The fourth-order valence-corrected chi connectivity index (χ4v) is 2.50. The van der Waals surface area contributed by atoms with Crippen LogP contribution in [0.5, 0.6) is 0 Å². The van der Waals surface area contributed by atoms with Crippen LogP contribution in [0.3, 0.4) is 0 Å². The van der Waals surface area contributed by atoms with Crippen LogP contribution < -0.4 is 16.0 Å². The minimum Gasteiger partial charge on any atom is -0.331 e. The number of pyridine rings is 1. The number of anilines is 2.